The van der Waals surface area contributed by atoms with Gasteiger partial charge in [0.15, 0.2) is 5.69 Å². The van der Waals surface area contributed by atoms with Gasteiger partial charge in [0.25, 0.3) is 0 Å². The van der Waals surface area contributed by atoms with Crippen LogP contribution in [0.1, 0.15) is 50.2 Å². The molecule has 0 spiro atoms. The summed E-state index contributed by atoms with van der Waals surface area (Å²) in [7, 11) is 1.34. The van der Waals surface area contributed by atoms with Gasteiger partial charge in [-0.25, -0.2) is 9.78 Å². The summed E-state index contributed by atoms with van der Waals surface area (Å²) in [4.78, 5) is 33.0. The Morgan fingerprint density at radius 1 is 1.17 bits per heavy atom. The monoisotopic (exact) mass is 475 g/mol. The second-order valence-electron chi connectivity index (χ2n) is 9.43. The van der Waals surface area contributed by atoms with E-state index in [1.807, 2.05) is 35.0 Å². The summed E-state index contributed by atoms with van der Waals surface area (Å²) in [6.07, 6.45) is 5.45. The molecule has 35 heavy (non-hydrogen) atoms. The zero-order valence-corrected chi connectivity index (χ0v) is 20.9. The number of carbonyl (C=O) groups is 2. The number of rotatable bonds is 9. The number of anilines is 2. The third-order valence-electron chi connectivity index (χ3n) is 6.10. The number of benzene rings is 1. The van der Waals surface area contributed by atoms with Gasteiger partial charge in [-0.1, -0.05) is 32.0 Å². The van der Waals surface area contributed by atoms with Crippen molar-refractivity contribution in [2.24, 2.45) is 5.92 Å². The fraction of sp³-hybridized carbons (Fsp3) is 0.370. The predicted molar refractivity (Wildman–Crippen MR) is 140 cm³/mol. The summed E-state index contributed by atoms with van der Waals surface area (Å²) in [6, 6.07) is 10.3. The number of hydrogen-bond donors (Lipinski definition) is 3. The van der Waals surface area contributed by atoms with Crippen LogP contribution in [0.25, 0.3) is 21.9 Å². The smallest absolute Gasteiger partial charge is 0.356 e. The highest BCUT2D eigenvalue weighted by molar-refractivity contribution is 6.11. The van der Waals surface area contributed by atoms with Crippen molar-refractivity contribution in [1.82, 2.24) is 14.5 Å². The van der Waals surface area contributed by atoms with Crippen molar-refractivity contribution in [2.75, 3.05) is 17.7 Å². The van der Waals surface area contributed by atoms with Crippen molar-refractivity contribution in [3.63, 3.8) is 0 Å². The summed E-state index contributed by atoms with van der Waals surface area (Å²) in [6.45, 7) is 8.42. The van der Waals surface area contributed by atoms with E-state index in [0.717, 1.165) is 28.6 Å². The molecule has 0 aliphatic carbocycles. The van der Waals surface area contributed by atoms with Crippen LogP contribution in [0.3, 0.4) is 0 Å². The molecule has 4 rings (SSSR count). The van der Waals surface area contributed by atoms with Crippen molar-refractivity contribution >= 4 is 45.2 Å². The third kappa shape index (κ3) is 5.16. The topological polar surface area (TPSA) is 101 Å². The molecule has 0 aliphatic rings. The van der Waals surface area contributed by atoms with Crippen LogP contribution in [0.4, 0.5) is 11.4 Å². The number of pyridine rings is 1. The molecule has 1 atom stereocenters. The van der Waals surface area contributed by atoms with Crippen molar-refractivity contribution < 1.29 is 14.3 Å². The van der Waals surface area contributed by atoms with Crippen molar-refractivity contribution in [2.45, 2.75) is 53.1 Å². The standard InChI is InChI=1S/C27H33N5O3/c1-16(2)12-17(3)30-20-13-22-24(31-18(4)33)25(27(34)35-5)32(26(22)29-15-20)11-10-19-14-28-23-9-7-6-8-21(19)23/h6-9,13-17,28,30H,10-12H2,1-5H3,(H,31,33). The van der Waals surface area contributed by atoms with E-state index in [0.29, 0.717) is 35.6 Å². The first-order chi connectivity index (χ1) is 16.8. The minimum Gasteiger partial charge on any atom is -0.464 e. The van der Waals surface area contributed by atoms with Gasteiger partial charge in [0, 0.05) is 42.0 Å². The minimum atomic E-state index is -0.520. The Bertz CT molecular complexity index is 1370. The average molecular weight is 476 g/mol. The lowest BCUT2D eigenvalue weighted by molar-refractivity contribution is -0.114. The van der Waals surface area contributed by atoms with E-state index in [1.54, 1.807) is 6.20 Å². The molecule has 8 nitrogen and oxygen atoms in total. The Labute approximate surface area is 205 Å². The lowest BCUT2D eigenvalue weighted by Crippen LogP contribution is -2.17. The lowest BCUT2D eigenvalue weighted by atomic mass is 10.1. The number of nitrogens with one attached hydrogen (secondary N) is 3. The molecule has 0 radical (unpaired) electrons. The van der Waals surface area contributed by atoms with Gasteiger partial charge in [-0.05, 0) is 43.4 Å². The van der Waals surface area contributed by atoms with Crippen LogP contribution in [0.2, 0.25) is 0 Å². The summed E-state index contributed by atoms with van der Waals surface area (Å²) in [5.41, 5.74) is 4.37. The van der Waals surface area contributed by atoms with E-state index in [1.165, 1.54) is 14.0 Å². The molecule has 0 saturated carbocycles. The lowest BCUT2D eigenvalue weighted by Gasteiger charge is -2.17. The molecule has 0 aliphatic heterocycles. The molecule has 1 unspecified atom stereocenters. The Balaban J connectivity index is 1.78. The maximum atomic E-state index is 12.9. The third-order valence-corrected chi connectivity index (χ3v) is 6.10. The van der Waals surface area contributed by atoms with Crippen LogP contribution in [0, 0.1) is 5.92 Å². The minimum absolute atomic E-state index is 0.252. The summed E-state index contributed by atoms with van der Waals surface area (Å²) in [5, 5.41) is 8.18. The number of aromatic nitrogens is 3. The molecule has 0 saturated heterocycles. The van der Waals surface area contributed by atoms with Gasteiger partial charge in [-0.3, -0.25) is 4.79 Å². The van der Waals surface area contributed by atoms with Crippen LogP contribution in [0.5, 0.6) is 0 Å². The molecule has 4 aromatic rings. The number of fused-ring (bicyclic) bond motifs is 2. The number of para-hydroxylation sites is 1. The number of esters is 1. The quantitative estimate of drug-likeness (QED) is 0.283. The van der Waals surface area contributed by atoms with E-state index < -0.39 is 5.97 Å². The van der Waals surface area contributed by atoms with Crippen LogP contribution < -0.4 is 10.6 Å². The van der Waals surface area contributed by atoms with Gasteiger partial charge in [-0.2, -0.15) is 0 Å². The number of aromatic amines is 1. The number of nitrogens with zero attached hydrogens (tertiary/aromatic N) is 2. The van der Waals surface area contributed by atoms with Crippen molar-refractivity contribution in [3.8, 4) is 0 Å². The molecular formula is C27H33N5O3. The second-order valence-corrected chi connectivity index (χ2v) is 9.43. The van der Waals surface area contributed by atoms with Gasteiger partial charge in [0.05, 0.1) is 24.7 Å². The van der Waals surface area contributed by atoms with Gasteiger partial charge >= 0.3 is 5.97 Å². The fourth-order valence-electron chi connectivity index (χ4n) is 4.75. The van der Waals surface area contributed by atoms with Gasteiger partial charge in [0.2, 0.25) is 5.91 Å². The van der Waals surface area contributed by atoms with Crippen molar-refractivity contribution in [3.05, 3.63) is 54.0 Å². The number of hydrogen-bond acceptors (Lipinski definition) is 5. The first-order valence-electron chi connectivity index (χ1n) is 12.0. The molecule has 3 heterocycles. The van der Waals surface area contributed by atoms with Crippen LogP contribution in [-0.4, -0.2) is 39.6 Å². The SMILES string of the molecule is COC(=O)c1c(NC(C)=O)c2cc(NC(C)CC(C)C)cnc2n1CCc1c[nH]c2ccccc12. The van der Waals surface area contributed by atoms with E-state index in [-0.39, 0.29) is 17.6 Å². The fourth-order valence-corrected chi connectivity index (χ4v) is 4.75. The molecule has 8 heteroatoms. The van der Waals surface area contributed by atoms with E-state index in [4.69, 9.17) is 9.72 Å². The molecule has 3 N–H and O–H groups in total. The Hall–Kier alpha value is -3.81. The number of amides is 1. The van der Waals surface area contributed by atoms with E-state index in [2.05, 4.69) is 42.5 Å². The van der Waals surface area contributed by atoms with Gasteiger partial charge < -0.3 is 24.9 Å². The highest BCUT2D eigenvalue weighted by Crippen LogP contribution is 2.33. The zero-order chi connectivity index (χ0) is 25.1. The number of carbonyl (C=O) groups excluding carboxylic acids is 2. The highest BCUT2D eigenvalue weighted by atomic mass is 16.5. The molecule has 1 amide bonds. The van der Waals surface area contributed by atoms with E-state index >= 15 is 0 Å². The number of aryl methyl sites for hydroxylation is 2. The average Bonchev–Trinajstić information content (AvgIpc) is 3.35. The summed E-state index contributed by atoms with van der Waals surface area (Å²) < 4.78 is 6.96. The molecule has 1 aromatic carbocycles. The van der Waals surface area contributed by atoms with Gasteiger partial charge in [0.1, 0.15) is 5.65 Å². The second kappa shape index (κ2) is 10.2. The highest BCUT2D eigenvalue weighted by Gasteiger charge is 2.26. The largest absolute Gasteiger partial charge is 0.464 e. The number of H-pyrrole nitrogens is 1. The van der Waals surface area contributed by atoms with E-state index in [9.17, 15) is 9.59 Å². The Morgan fingerprint density at radius 3 is 2.66 bits per heavy atom. The van der Waals surface area contributed by atoms with Crippen LogP contribution in [0.15, 0.2) is 42.7 Å². The summed E-state index contributed by atoms with van der Waals surface area (Å²) >= 11 is 0. The van der Waals surface area contributed by atoms with Crippen LogP contribution >= 0.6 is 0 Å². The Morgan fingerprint density at radius 2 is 1.94 bits per heavy atom. The first-order valence-corrected chi connectivity index (χ1v) is 12.0. The first kappa shape index (κ1) is 24.3. The Kier molecular flexibility index (Phi) is 7.10. The number of ether oxygens (including phenoxy) is 1. The van der Waals surface area contributed by atoms with Gasteiger partial charge in [-0.15, -0.1) is 0 Å². The predicted octanol–water partition coefficient (Wildman–Crippen LogP) is 5.35. The molecule has 184 valence electrons. The summed E-state index contributed by atoms with van der Waals surface area (Å²) in [5.74, 6) is -0.230. The number of methoxy groups -OCH3 is 1. The van der Waals surface area contributed by atoms with Crippen molar-refractivity contribution in [1.29, 1.82) is 0 Å². The normalized spacial score (nSPS) is 12.3. The molecule has 0 fully saturated rings. The maximum Gasteiger partial charge on any atom is 0.356 e. The maximum absolute atomic E-state index is 12.9. The molecule has 0 bridgehead atoms. The molecule has 3 aromatic heterocycles. The van der Waals surface area contributed by atoms with Crippen LogP contribution in [-0.2, 0) is 22.5 Å². The zero-order valence-electron chi connectivity index (χ0n) is 20.9. The molecular weight excluding hydrogens is 442 g/mol.